The number of carbonyl (C=O) groups is 1. The molecule has 0 radical (unpaired) electrons. The molecule has 0 saturated carbocycles. The summed E-state index contributed by atoms with van der Waals surface area (Å²) in [6.45, 7) is 5.28. The molecule has 2 N–H and O–H groups in total. The molecule has 0 aromatic rings. The van der Waals surface area contributed by atoms with Gasteiger partial charge in [0.05, 0.1) is 6.10 Å². The maximum Gasteiger partial charge on any atom is 0.224 e. The van der Waals surface area contributed by atoms with Crippen molar-refractivity contribution in [3.05, 3.63) is 0 Å². The summed E-state index contributed by atoms with van der Waals surface area (Å²) < 4.78 is 5.61. The minimum absolute atomic E-state index is 0.127. The van der Waals surface area contributed by atoms with Crippen LogP contribution < -0.4 is 5.73 Å². The van der Waals surface area contributed by atoms with E-state index in [2.05, 4.69) is 18.9 Å². The van der Waals surface area contributed by atoms with Crippen molar-refractivity contribution in [2.75, 3.05) is 33.3 Å². The van der Waals surface area contributed by atoms with Crippen molar-refractivity contribution in [1.29, 1.82) is 0 Å². The lowest BCUT2D eigenvalue weighted by Crippen LogP contribution is -2.49. The first-order valence-electron chi connectivity index (χ1n) is 7.45. The Morgan fingerprint density at radius 1 is 1.47 bits per heavy atom. The van der Waals surface area contributed by atoms with E-state index in [0.29, 0.717) is 19.0 Å². The van der Waals surface area contributed by atoms with Gasteiger partial charge in [-0.15, -0.1) is 0 Å². The SMILES string of the molecule is CC1OCCC1N(C)C(CN)CC(=O)N1CCCC1. The van der Waals surface area contributed by atoms with Gasteiger partial charge in [-0.3, -0.25) is 9.69 Å². The van der Waals surface area contributed by atoms with Crippen molar-refractivity contribution in [1.82, 2.24) is 9.80 Å². The summed E-state index contributed by atoms with van der Waals surface area (Å²) in [4.78, 5) is 16.5. The molecule has 0 spiro atoms. The second-order valence-electron chi connectivity index (χ2n) is 5.78. The largest absolute Gasteiger partial charge is 0.377 e. The highest BCUT2D eigenvalue weighted by Crippen LogP contribution is 2.21. The predicted molar refractivity (Wildman–Crippen MR) is 74.9 cm³/mol. The van der Waals surface area contributed by atoms with Crippen molar-refractivity contribution in [3.63, 3.8) is 0 Å². The number of carbonyl (C=O) groups excluding carboxylic acids is 1. The highest BCUT2D eigenvalue weighted by molar-refractivity contribution is 5.77. The van der Waals surface area contributed by atoms with E-state index in [1.54, 1.807) is 0 Å². The van der Waals surface area contributed by atoms with E-state index in [0.717, 1.165) is 39.0 Å². The van der Waals surface area contributed by atoms with Crippen LogP contribution >= 0.6 is 0 Å². The van der Waals surface area contributed by atoms with Crippen LogP contribution in [0.4, 0.5) is 0 Å². The van der Waals surface area contributed by atoms with Gasteiger partial charge in [0.15, 0.2) is 0 Å². The fourth-order valence-electron chi connectivity index (χ4n) is 3.22. The molecule has 1 amide bonds. The summed E-state index contributed by atoms with van der Waals surface area (Å²) in [5.74, 6) is 0.256. The van der Waals surface area contributed by atoms with Crippen molar-refractivity contribution >= 4 is 5.91 Å². The molecule has 3 unspecified atom stereocenters. The fourth-order valence-corrected chi connectivity index (χ4v) is 3.22. The maximum atomic E-state index is 12.2. The highest BCUT2D eigenvalue weighted by Gasteiger charge is 2.33. The molecule has 0 aliphatic carbocycles. The molecule has 2 saturated heterocycles. The quantitative estimate of drug-likeness (QED) is 0.786. The Bertz CT molecular complexity index is 305. The molecule has 19 heavy (non-hydrogen) atoms. The van der Waals surface area contributed by atoms with Crippen molar-refractivity contribution in [2.24, 2.45) is 5.73 Å². The number of amides is 1. The first kappa shape index (κ1) is 14.8. The lowest BCUT2D eigenvalue weighted by atomic mass is 10.1. The predicted octanol–water partition coefficient (Wildman–Crippen LogP) is 0.435. The van der Waals surface area contributed by atoms with Crippen molar-refractivity contribution < 1.29 is 9.53 Å². The molecular formula is C14H27N3O2. The molecule has 110 valence electrons. The first-order valence-corrected chi connectivity index (χ1v) is 7.45. The van der Waals surface area contributed by atoms with E-state index in [1.807, 2.05) is 4.90 Å². The minimum atomic E-state index is 0.127. The lowest BCUT2D eigenvalue weighted by molar-refractivity contribution is -0.131. The number of nitrogens with zero attached hydrogens (tertiary/aromatic N) is 2. The number of hydrogen-bond donors (Lipinski definition) is 1. The van der Waals surface area contributed by atoms with Crippen molar-refractivity contribution in [3.8, 4) is 0 Å². The van der Waals surface area contributed by atoms with Gasteiger partial charge in [-0.05, 0) is 33.2 Å². The molecule has 2 aliphatic heterocycles. The molecule has 3 atom stereocenters. The average molecular weight is 269 g/mol. The standard InChI is InChI=1S/C14H27N3O2/c1-11-13(5-8-19-11)16(2)12(10-15)9-14(18)17-6-3-4-7-17/h11-13H,3-10,15H2,1-2H3. The average Bonchev–Trinajstić information content (AvgIpc) is 3.05. The van der Waals surface area contributed by atoms with Crippen LogP contribution in [0, 0.1) is 0 Å². The fraction of sp³-hybridized carbons (Fsp3) is 0.929. The molecule has 2 heterocycles. The molecule has 5 heteroatoms. The number of likely N-dealkylation sites (N-methyl/N-ethyl adjacent to an activating group) is 1. The molecule has 0 bridgehead atoms. The third-order valence-corrected chi connectivity index (χ3v) is 4.58. The van der Waals surface area contributed by atoms with Gasteiger partial charge >= 0.3 is 0 Å². The maximum absolute atomic E-state index is 12.2. The molecular weight excluding hydrogens is 242 g/mol. The molecule has 0 aromatic carbocycles. The van der Waals surface area contributed by atoms with Gasteiger partial charge in [-0.25, -0.2) is 0 Å². The Labute approximate surface area is 116 Å². The van der Waals surface area contributed by atoms with Gasteiger partial charge in [0.1, 0.15) is 0 Å². The normalized spacial score (nSPS) is 29.2. The second kappa shape index (κ2) is 6.68. The number of rotatable bonds is 5. The molecule has 5 nitrogen and oxygen atoms in total. The molecule has 2 aliphatic rings. The Balaban J connectivity index is 1.89. The van der Waals surface area contributed by atoms with Gasteiger partial charge in [-0.1, -0.05) is 0 Å². The lowest BCUT2D eigenvalue weighted by Gasteiger charge is -2.34. The zero-order chi connectivity index (χ0) is 13.8. The topological polar surface area (TPSA) is 58.8 Å². The number of likely N-dealkylation sites (tertiary alicyclic amines) is 1. The zero-order valence-corrected chi connectivity index (χ0v) is 12.2. The van der Waals surface area contributed by atoms with Crippen LogP contribution in [0.2, 0.25) is 0 Å². The van der Waals surface area contributed by atoms with Gasteiger partial charge in [0, 0.05) is 44.7 Å². The summed E-state index contributed by atoms with van der Waals surface area (Å²) in [6.07, 6.45) is 4.09. The number of hydrogen-bond acceptors (Lipinski definition) is 4. The third kappa shape index (κ3) is 3.46. The molecule has 2 rings (SSSR count). The van der Waals surface area contributed by atoms with Gasteiger partial charge in [0.25, 0.3) is 0 Å². The van der Waals surface area contributed by atoms with E-state index >= 15 is 0 Å². The van der Waals surface area contributed by atoms with E-state index in [-0.39, 0.29) is 18.1 Å². The van der Waals surface area contributed by atoms with Crippen molar-refractivity contribution in [2.45, 2.75) is 50.8 Å². The highest BCUT2D eigenvalue weighted by atomic mass is 16.5. The Morgan fingerprint density at radius 2 is 2.16 bits per heavy atom. The van der Waals surface area contributed by atoms with Crippen LogP contribution in [0.1, 0.15) is 32.6 Å². The van der Waals surface area contributed by atoms with E-state index in [9.17, 15) is 4.79 Å². The van der Waals surface area contributed by atoms with E-state index in [4.69, 9.17) is 10.5 Å². The van der Waals surface area contributed by atoms with Crippen LogP contribution in [0.15, 0.2) is 0 Å². The summed E-state index contributed by atoms with van der Waals surface area (Å²) in [5, 5.41) is 0. The van der Waals surface area contributed by atoms with Gasteiger partial charge in [0.2, 0.25) is 5.91 Å². The van der Waals surface area contributed by atoms with Crippen LogP contribution in [0.3, 0.4) is 0 Å². The molecule has 2 fully saturated rings. The van der Waals surface area contributed by atoms with Crippen LogP contribution in [-0.2, 0) is 9.53 Å². The third-order valence-electron chi connectivity index (χ3n) is 4.58. The van der Waals surface area contributed by atoms with Crippen LogP contribution in [-0.4, -0.2) is 67.2 Å². The summed E-state index contributed by atoms with van der Waals surface area (Å²) in [7, 11) is 2.07. The first-order chi connectivity index (χ1) is 9.13. The summed E-state index contributed by atoms with van der Waals surface area (Å²) in [6, 6.07) is 0.516. The van der Waals surface area contributed by atoms with E-state index < -0.39 is 0 Å². The van der Waals surface area contributed by atoms with Gasteiger partial charge in [-0.2, -0.15) is 0 Å². The minimum Gasteiger partial charge on any atom is -0.377 e. The van der Waals surface area contributed by atoms with Crippen LogP contribution in [0.25, 0.3) is 0 Å². The van der Waals surface area contributed by atoms with E-state index in [1.165, 1.54) is 0 Å². The summed E-state index contributed by atoms with van der Waals surface area (Å²) >= 11 is 0. The Morgan fingerprint density at radius 3 is 2.68 bits per heavy atom. The second-order valence-corrected chi connectivity index (χ2v) is 5.78. The zero-order valence-electron chi connectivity index (χ0n) is 12.2. The Hall–Kier alpha value is -0.650. The number of nitrogens with two attached hydrogens (primary N) is 1. The Kier molecular flexibility index (Phi) is 5.19. The monoisotopic (exact) mass is 269 g/mol. The molecule has 0 aromatic heterocycles. The van der Waals surface area contributed by atoms with Crippen LogP contribution in [0.5, 0.6) is 0 Å². The smallest absolute Gasteiger partial charge is 0.224 e. The number of ether oxygens (including phenoxy) is 1. The summed E-state index contributed by atoms with van der Waals surface area (Å²) in [5.41, 5.74) is 5.88. The van der Waals surface area contributed by atoms with Gasteiger partial charge < -0.3 is 15.4 Å².